The second-order valence-electron chi connectivity index (χ2n) is 12.4. The van der Waals surface area contributed by atoms with Gasteiger partial charge in [-0.2, -0.15) is 0 Å². The van der Waals surface area contributed by atoms with E-state index in [0.717, 1.165) is 49.7 Å². The number of aryl methyl sites for hydroxylation is 1. The third-order valence-electron chi connectivity index (χ3n) is 8.01. The lowest BCUT2D eigenvalue weighted by Gasteiger charge is -2.53. The number of sulfonamides is 1. The molecular formula is C31H37ClN6O4S. The van der Waals surface area contributed by atoms with Crippen molar-refractivity contribution >= 4 is 51.6 Å². The predicted molar refractivity (Wildman–Crippen MR) is 168 cm³/mol. The highest BCUT2D eigenvalue weighted by molar-refractivity contribution is 7.92. The SMILES string of the molecule is Cc1nc(NS(=O)(=O)c2ccccc2Cl)ccc1/C=C/c1cnc(NC23CCC(NC(=O)OC(C)(C)C)(CC2)CC3)nc1. The van der Waals surface area contributed by atoms with Crippen molar-refractivity contribution in [2.45, 2.75) is 87.8 Å². The molecule has 6 rings (SSSR count). The molecule has 3 saturated carbocycles. The summed E-state index contributed by atoms with van der Waals surface area (Å²) in [7, 11) is -3.87. The van der Waals surface area contributed by atoms with Gasteiger partial charge in [-0.3, -0.25) is 4.72 Å². The number of nitrogens with zero attached hydrogens (tertiary/aromatic N) is 3. The van der Waals surface area contributed by atoms with Crippen LogP contribution in [0.1, 0.15) is 76.1 Å². The van der Waals surface area contributed by atoms with Crippen LogP contribution in [-0.2, 0) is 14.8 Å². The van der Waals surface area contributed by atoms with Crippen molar-refractivity contribution in [3.05, 3.63) is 70.6 Å². The van der Waals surface area contributed by atoms with E-state index < -0.39 is 15.6 Å². The zero-order valence-corrected chi connectivity index (χ0v) is 26.3. The number of nitrogens with one attached hydrogen (secondary N) is 3. The van der Waals surface area contributed by atoms with Crippen molar-refractivity contribution in [1.82, 2.24) is 20.3 Å². The molecule has 43 heavy (non-hydrogen) atoms. The number of anilines is 2. The van der Waals surface area contributed by atoms with Crippen LogP contribution in [0.25, 0.3) is 12.2 Å². The van der Waals surface area contributed by atoms with E-state index in [1.807, 2.05) is 39.8 Å². The lowest BCUT2D eigenvalue weighted by Crippen LogP contribution is -2.61. The number of fused-ring (bicyclic) bond motifs is 3. The molecule has 0 unspecified atom stereocenters. The van der Waals surface area contributed by atoms with Gasteiger partial charge in [-0.1, -0.05) is 35.9 Å². The summed E-state index contributed by atoms with van der Waals surface area (Å²) < 4.78 is 33.4. The average Bonchev–Trinajstić information content (AvgIpc) is 2.93. The van der Waals surface area contributed by atoms with Crippen LogP contribution in [0.3, 0.4) is 0 Å². The van der Waals surface area contributed by atoms with Crippen LogP contribution in [0.15, 0.2) is 53.7 Å². The summed E-state index contributed by atoms with van der Waals surface area (Å²) in [4.78, 5) is 25.9. The second kappa shape index (κ2) is 11.8. The molecule has 0 saturated heterocycles. The molecule has 3 aliphatic carbocycles. The molecule has 0 atom stereocenters. The number of pyridine rings is 1. The molecular weight excluding hydrogens is 588 g/mol. The molecule has 228 valence electrons. The van der Waals surface area contributed by atoms with E-state index in [0.29, 0.717) is 11.6 Å². The molecule has 3 N–H and O–H groups in total. The van der Waals surface area contributed by atoms with Gasteiger partial charge in [-0.15, -0.1) is 0 Å². The molecule has 2 bridgehead atoms. The number of amides is 1. The molecule has 3 fully saturated rings. The number of carbonyl (C=O) groups is 1. The zero-order valence-electron chi connectivity index (χ0n) is 24.8. The van der Waals surface area contributed by atoms with Crippen LogP contribution in [0.5, 0.6) is 0 Å². The Hall–Kier alpha value is -3.70. The number of rotatable bonds is 8. The number of halogens is 1. The summed E-state index contributed by atoms with van der Waals surface area (Å²) in [6.07, 6.45) is 12.4. The van der Waals surface area contributed by atoms with Gasteiger partial charge >= 0.3 is 6.09 Å². The van der Waals surface area contributed by atoms with Gasteiger partial charge in [0, 0.05) is 34.7 Å². The first kappa shape index (κ1) is 30.7. The first-order valence-corrected chi connectivity index (χ1v) is 16.2. The molecule has 0 radical (unpaired) electrons. The number of hydrogen-bond donors (Lipinski definition) is 3. The lowest BCUT2D eigenvalue weighted by molar-refractivity contribution is 0.0296. The highest BCUT2D eigenvalue weighted by Gasteiger charge is 2.50. The predicted octanol–water partition coefficient (Wildman–Crippen LogP) is 6.59. The van der Waals surface area contributed by atoms with Gasteiger partial charge in [-0.05, 0) is 96.0 Å². The van der Waals surface area contributed by atoms with E-state index in [1.165, 1.54) is 12.1 Å². The minimum Gasteiger partial charge on any atom is -0.444 e. The topological polar surface area (TPSA) is 135 Å². The third kappa shape index (κ3) is 7.45. The quantitative estimate of drug-likeness (QED) is 0.256. The smallest absolute Gasteiger partial charge is 0.408 e. The molecule has 12 heteroatoms. The van der Waals surface area contributed by atoms with Crippen LogP contribution in [0.2, 0.25) is 5.02 Å². The van der Waals surface area contributed by atoms with Gasteiger partial charge in [0.2, 0.25) is 5.95 Å². The summed E-state index contributed by atoms with van der Waals surface area (Å²) in [5.74, 6) is 0.788. The van der Waals surface area contributed by atoms with Gasteiger partial charge in [0.1, 0.15) is 16.3 Å². The van der Waals surface area contributed by atoms with Crippen molar-refractivity contribution in [3.63, 3.8) is 0 Å². The van der Waals surface area contributed by atoms with Crippen LogP contribution < -0.4 is 15.4 Å². The fourth-order valence-corrected chi connectivity index (χ4v) is 7.17. The van der Waals surface area contributed by atoms with Gasteiger partial charge in [0.05, 0.1) is 5.02 Å². The molecule has 1 aromatic carbocycles. The maximum atomic E-state index is 12.7. The Bertz CT molecular complexity index is 1610. The Morgan fingerprint density at radius 3 is 2.19 bits per heavy atom. The van der Waals surface area contributed by atoms with Crippen molar-refractivity contribution in [1.29, 1.82) is 0 Å². The summed E-state index contributed by atoms with van der Waals surface area (Å²) in [6.45, 7) is 7.42. The second-order valence-corrected chi connectivity index (χ2v) is 14.5. The first-order valence-electron chi connectivity index (χ1n) is 14.3. The maximum absolute atomic E-state index is 12.7. The highest BCUT2D eigenvalue weighted by atomic mass is 35.5. The van der Waals surface area contributed by atoms with Crippen LogP contribution in [0.4, 0.5) is 16.6 Å². The Balaban J connectivity index is 1.17. The minimum atomic E-state index is -3.87. The Kier molecular flexibility index (Phi) is 8.41. The third-order valence-corrected chi connectivity index (χ3v) is 9.86. The first-order chi connectivity index (χ1) is 20.3. The molecule has 0 spiro atoms. The fourth-order valence-electron chi connectivity index (χ4n) is 5.65. The monoisotopic (exact) mass is 624 g/mol. The number of hydrogen-bond acceptors (Lipinski definition) is 8. The van der Waals surface area contributed by atoms with Gasteiger partial charge in [0.15, 0.2) is 0 Å². The molecule has 10 nitrogen and oxygen atoms in total. The van der Waals surface area contributed by atoms with E-state index in [-0.39, 0.29) is 32.9 Å². The molecule has 2 aromatic heterocycles. The van der Waals surface area contributed by atoms with E-state index in [9.17, 15) is 13.2 Å². The highest BCUT2D eigenvalue weighted by Crippen LogP contribution is 2.48. The fraction of sp³-hybridized carbons (Fsp3) is 0.419. The van der Waals surface area contributed by atoms with Crippen molar-refractivity contribution in [2.24, 2.45) is 0 Å². The van der Waals surface area contributed by atoms with Gasteiger partial charge < -0.3 is 15.4 Å². The lowest BCUT2D eigenvalue weighted by atomic mass is 9.61. The summed E-state index contributed by atoms with van der Waals surface area (Å²) in [6, 6.07) is 9.65. The number of aromatic nitrogens is 3. The van der Waals surface area contributed by atoms with E-state index in [4.69, 9.17) is 16.3 Å². The van der Waals surface area contributed by atoms with E-state index >= 15 is 0 Å². The van der Waals surface area contributed by atoms with Crippen molar-refractivity contribution in [3.8, 4) is 0 Å². The normalized spacial score (nSPS) is 21.9. The molecule has 2 heterocycles. The number of ether oxygens (including phenoxy) is 1. The number of carbonyl (C=O) groups excluding carboxylic acids is 1. The molecule has 0 aliphatic heterocycles. The Morgan fingerprint density at radius 1 is 0.953 bits per heavy atom. The standard InChI is InChI=1S/C31H37ClN6O4S/c1-21-23(11-12-26(35-21)38-43(40,41)25-8-6-5-7-24(25)32)10-9-22-19-33-27(34-20-22)36-30-13-16-31(17-14-30,18-15-30)37-28(39)42-29(2,3)4/h5-12,19-20H,13-18H2,1-4H3,(H,35,38)(H,37,39)(H,33,34,36)/b10-9+. The van der Waals surface area contributed by atoms with Gasteiger partial charge in [0.25, 0.3) is 10.0 Å². The van der Waals surface area contributed by atoms with E-state index in [1.54, 1.807) is 36.7 Å². The summed E-state index contributed by atoms with van der Waals surface area (Å²) >= 11 is 6.06. The molecule has 1 amide bonds. The minimum absolute atomic E-state index is 0.00656. The Morgan fingerprint density at radius 2 is 1.58 bits per heavy atom. The number of alkyl carbamates (subject to hydrolysis) is 1. The maximum Gasteiger partial charge on any atom is 0.408 e. The average molecular weight is 625 g/mol. The summed E-state index contributed by atoms with van der Waals surface area (Å²) in [5, 5.41) is 6.87. The Labute approximate surface area is 257 Å². The van der Waals surface area contributed by atoms with E-state index in [2.05, 4.69) is 30.3 Å². The largest absolute Gasteiger partial charge is 0.444 e. The van der Waals surface area contributed by atoms with Crippen LogP contribution in [0, 0.1) is 6.92 Å². The van der Waals surface area contributed by atoms with Crippen LogP contribution in [-0.4, -0.2) is 46.1 Å². The zero-order chi connectivity index (χ0) is 30.9. The molecule has 3 aliphatic rings. The van der Waals surface area contributed by atoms with Crippen LogP contribution >= 0.6 is 11.6 Å². The van der Waals surface area contributed by atoms with Crippen molar-refractivity contribution in [2.75, 3.05) is 10.0 Å². The number of benzene rings is 1. The molecule has 3 aromatic rings. The van der Waals surface area contributed by atoms with Gasteiger partial charge in [-0.25, -0.2) is 28.2 Å². The van der Waals surface area contributed by atoms with Crippen molar-refractivity contribution < 1.29 is 17.9 Å². The summed E-state index contributed by atoms with van der Waals surface area (Å²) in [5.41, 5.74) is 1.50.